The first-order valence-corrected chi connectivity index (χ1v) is 12.1. The Morgan fingerprint density at radius 3 is 2.25 bits per heavy atom. The topological polar surface area (TPSA) is 71.6 Å². The number of nitrogens with zero attached hydrogens (tertiary/aromatic N) is 5. The minimum absolute atomic E-state index is 0.447. The average molecular weight is 437 g/mol. The van der Waals surface area contributed by atoms with E-state index < -0.39 is 0 Å². The van der Waals surface area contributed by atoms with Crippen LogP contribution in [0, 0.1) is 0 Å². The highest BCUT2D eigenvalue weighted by atomic mass is 15.3. The molecule has 5 rings (SSSR count). The number of piperidine rings is 1. The zero-order valence-electron chi connectivity index (χ0n) is 19.1. The normalized spacial score (nSPS) is 23.4. The van der Waals surface area contributed by atoms with Crippen molar-refractivity contribution in [3.63, 3.8) is 0 Å². The van der Waals surface area contributed by atoms with Crippen LogP contribution in [0.4, 0.5) is 23.0 Å². The molecule has 1 aromatic carbocycles. The number of likely N-dealkylation sites (N-methyl/N-ethyl adjacent to an activating group) is 1. The summed E-state index contributed by atoms with van der Waals surface area (Å²) in [6, 6.07) is 9.91. The van der Waals surface area contributed by atoms with Crippen LogP contribution in [0.5, 0.6) is 0 Å². The van der Waals surface area contributed by atoms with Crippen molar-refractivity contribution in [2.45, 2.75) is 31.3 Å². The fraction of sp³-hybridized carbons (Fsp3) is 0.583. The monoisotopic (exact) mass is 436 g/mol. The molecule has 3 aliphatic rings. The van der Waals surface area contributed by atoms with Crippen molar-refractivity contribution in [2.75, 3.05) is 74.9 Å². The molecule has 3 aliphatic heterocycles. The number of piperazine rings is 1. The second kappa shape index (κ2) is 10.0. The lowest BCUT2D eigenvalue weighted by molar-refractivity contribution is 0.0982. The maximum Gasteiger partial charge on any atom is 0.149 e. The van der Waals surface area contributed by atoms with Crippen molar-refractivity contribution in [3.8, 4) is 0 Å². The number of nitrogens with one attached hydrogen (secondary N) is 3. The molecule has 172 valence electrons. The van der Waals surface area contributed by atoms with Crippen LogP contribution in [0.25, 0.3) is 0 Å². The van der Waals surface area contributed by atoms with E-state index in [1.165, 1.54) is 44.7 Å². The van der Waals surface area contributed by atoms with Gasteiger partial charge in [0.2, 0.25) is 0 Å². The third-order valence-electron chi connectivity index (χ3n) is 7.09. The van der Waals surface area contributed by atoms with Gasteiger partial charge >= 0.3 is 0 Å². The van der Waals surface area contributed by atoms with Crippen LogP contribution < -0.4 is 20.9 Å². The van der Waals surface area contributed by atoms with Gasteiger partial charge in [-0.05, 0) is 57.1 Å². The van der Waals surface area contributed by atoms with Crippen molar-refractivity contribution in [2.24, 2.45) is 0 Å². The Morgan fingerprint density at radius 1 is 0.875 bits per heavy atom. The van der Waals surface area contributed by atoms with Gasteiger partial charge in [-0.2, -0.15) is 0 Å². The summed E-state index contributed by atoms with van der Waals surface area (Å²) in [6.07, 6.45) is 7.25. The van der Waals surface area contributed by atoms with Crippen LogP contribution in [-0.2, 0) is 0 Å². The molecule has 1 aromatic heterocycles. The van der Waals surface area contributed by atoms with Gasteiger partial charge in [-0.3, -0.25) is 4.90 Å². The van der Waals surface area contributed by atoms with E-state index in [0.29, 0.717) is 6.04 Å². The number of aromatic nitrogens is 2. The van der Waals surface area contributed by atoms with E-state index in [-0.39, 0.29) is 0 Å². The number of benzene rings is 1. The Hall–Kier alpha value is -2.42. The van der Waals surface area contributed by atoms with Crippen molar-refractivity contribution < 1.29 is 0 Å². The summed E-state index contributed by atoms with van der Waals surface area (Å²) >= 11 is 0. The first-order chi connectivity index (χ1) is 15.7. The van der Waals surface area contributed by atoms with E-state index in [1.54, 1.807) is 12.4 Å². The van der Waals surface area contributed by atoms with Gasteiger partial charge in [0.05, 0.1) is 12.4 Å². The Kier molecular flexibility index (Phi) is 6.71. The molecule has 8 heteroatoms. The molecule has 3 fully saturated rings. The SMILES string of the molecule is CN1CCN(C2CCN(c3ccc(Nc4cnc(NC5CCNC5)cn4)cc3)CC2)CC1. The quantitative estimate of drug-likeness (QED) is 0.637. The number of hydrogen-bond donors (Lipinski definition) is 3. The Balaban J connectivity index is 1.10. The van der Waals surface area contributed by atoms with Gasteiger partial charge in [-0.1, -0.05) is 0 Å². The Morgan fingerprint density at radius 2 is 1.59 bits per heavy atom. The highest BCUT2D eigenvalue weighted by molar-refractivity contribution is 5.61. The second-order valence-electron chi connectivity index (χ2n) is 9.35. The maximum absolute atomic E-state index is 4.51. The molecule has 3 saturated heterocycles. The first kappa shape index (κ1) is 21.4. The summed E-state index contributed by atoms with van der Waals surface area (Å²) in [4.78, 5) is 16.7. The zero-order valence-corrected chi connectivity index (χ0v) is 19.1. The molecule has 2 aromatic rings. The van der Waals surface area contributed by atoms with Crippen molar-refractivity contribution in [3.05, 3.63) is 36.7 Å². The summed E-state index contributed by atoms with van der Waals surface area (Å²) in [5.41, 5.74) is 2.35. The van der Waals surface area contributed by atoms with Crippen LogP contribution in [-0.4, -0.2) is 91.3 Å². The predicted octanol–water partition coefficient (Wildman–Crippen LogP) is 2.21. The Bertz CT molecular complexity index is 833. The third kappa shape index (κ3) is 5.31. The fourth-order valence-electron chi connectivity index (χ4n) is 5.03. The number of rotatable bonds is 6. The molecule has 0 saturated carbocycles. The predicted molar refractivity (Wildman–Crippen MR) is 131 cm³/mol. The van der Waals surface area contributed by atoms with Crippen LogP contribution in [0.2, 0.25) is 0 Å². The molecule has 0 aliphatic carbocycles. The van der Waals surface area contributed by atoms with Crippen LogP contribution in [0.15, 0.2) is 36.7 Å². The second-order valence-corrected chi connectivity index (χ2v) is 9.35. The zero-order chi connectivity index (χ0) is 21.8. The highest BCUT2D eigenvalue weighted by Crippen LogP contribution is 2.25. The van der Waals surface area contributed by atoms with Crippen molar-refractivity contribution >= 4 is 23.0 Å². The largest absolute Gasteiger partial charge is 0.371 e. The van der Waals surface area contributed by atoms with Gasteiger partial charge in [0.25, 0.3) is 0 Å². The van der Waals surface area contributed by atoms with E-state index in [0.717, 1.165) is 56.0 Å². The summed E-state index contributed by atoms with van der Waals surface area (Å²) in [5.74, 6) is 1.60. The van der Waals surface area contributed by atoms with E-state index >= 15 is 0 Å². The molecule has 0 radical (unpaired) electrons. The molecule has 4 heterocycles. The fourth-order valence-corrected chi connectivity index (χ4v) is 5.03. The van der Waals surface area contributed by atoms with Crippen LogP contribution >= 0.6 is 0 Å². The lowest BCUT2D eigenvalue weighted by Crippen LogP contribution is -2.52. The van der Waals surface area contributed by atoms with E-state index in [2.05, 4.69) is 71.9 Å². The lowest BCUT2D eigenvalue weighted by atomic mass is 10.0. The summed E-state index contributed by atoms with van der Waals surface area (Å²) in [5, 5.41) is 10.1. The van der Waals surface area contributed by atoms with Crippen molar-refractivity contribution in [1.82, 2.24) is 25.1 Å². The molecule has 3 N–H and O–H groups in total. The summed E-state index contributed by atoms with van der Waals surface area (Å²) in [7, 11) is 2.23. The molecule has 32 heavy (non-hydrogen) atoms. The lowest BCUT2D eigenvalue weighted by Gasteiger charge is -2.42. The van der Waals surface area contributed by atoms with Gasteiger partial charge in [0.1, 0.15) is 11.6 Å². The van der Waals surface area contributed by atoms with Crippen molar-refractivity contribution in [1.29, 1.82) is 0 Å². The Labute approximate surface area is 191 Å². The molecule has 8 nitrogen and oxygen atoms in total. The maximum atomic E-state index is 4.51. The third-order valence-corrected chi connectivity index (χ3v) is 7.09. The van der Waals surface area contributed by atoms with Gasteiger partial charge in [0.15, 0.2) is 0 Å². The minimum Gasteiger partial charge on any atom is -0.371 e. The molecule has 0 spiro atoms. The van der Waals surface area contributed by atoms with E-state index in [9.17, 15) is 0 Å². The smallest absolute Gasteiger partial charge is 0.149 e. The van der Waals surface area contributed by atoms with Gasteiger partial charge in [-0.25, -0.2) is 9.97 Å². The number of hydrogen-bond acceptors (Lipinski definition) is 8. The first-order valence-electron chi connectivity index (χ1n) is 12.1. The average Bonchev–Trinajstić information content (AvgIpc) is 3.35. The van der Waals surface area contributed by atoms with E-state index in [4.69, 9.17) is 0 Å². The molecular weight excluding hydrogens is 400 g/mol. The molecule has 0 amide bonds. The van der Waals surface area contributed by atoms with Gasteiger partial charge in [0, 0.05) is 69.3 Å². The van der Waals surface area contributed by atoms with Crippen LogP contribution in [0.1, 0.15) is 19.3 Å². The minimum atomic E-state index is 0.447. The summed E-state index contributed by atoms with van der Waals surface area (Å²) in [6.45, 7) is 9.18. The highest BCUT2D eigenvalue weighted by Gasteiger charge is 2.26. The number of anilines is 4. The van der Waals surface area contributed by atoms with Gasteiger partial charge in [-0.15, -0.1) is 0 Å². The molecule has 1 atom stereocenters. The van der Waals surface area contributed by atoms with Gasteiger partial charge < -0.3 is 25.8 Å². The van der Waals surface area contributed by atoms with Crippen LogP contribution in [0.3, 0.4) is 0 Å². The summed E-state index contributed by atoms with van der Waals surface area (Å²) < 4.78 is 0. The molecule has 1 unspecified atom stereocenters. The molecular formula is C24H36N8. The molecule has 0 bridgehead atoms. The standard InChI is InChI=1S/C24H36N8/c1-30-12-14-32(15-13-30)22-7-10-31(11-8-22)21-4-2-19(3-5-21)28-23-17-27-24(18-26-23)29-20-6-9-25-16-20/h2-5,17-18,20,22,25H,6-16H2,1H3,(H,26,28)(H,27,29). The van der Waals surface area contributed by atoms with E-state index in [1.807, 2.05) is 0 Å².